The molecule has 2 aliphatic rings. The van der Waals surface area contributed by atoms with E-state index < -0.39 is 0 Å². The molecule has 0 radical (unpaired) electrons. The Morgan fingerprint density at radius 1 is 1.30 bits per heavy atom. The third kappa shape index (κ3) is 3.03. The van der Waals surface area contributed by atoms with E-state index >= 15 is 0 Å². The lowest BCUT2D eigenvalue weighted by Gasteiger charge is -2.46. The number of ether oxygens (including phenoxy) is 3. The largest absolute Gasteiger partial charge is 0.378 e. The third-order valence-electron chi connectivity index (χ3n) is 5.34. The molecule has 2 aliphatic heterocycles. The Balaban J connectivity index is 2.08. The Morgan fingerprint density at radius 2 is 2.05 bits per heavy atom. The van der Waals surface area contributed by atoms with Crippen LogP contribution in [0.2, 0.25) is 0 Å². The molecule has 1 spiro atoms. The highest BCUT2D eigenvalue weighted by Crippen LogP contribution is 2.40. The van der Waals surface area contributed by atoms with E-state index in [0.29, 0.717) is 5.92 Å². The fraction of sp³-hybridized carbons (Fsp3) is 1.00. The van der Waals surface area contributed by atoms with Crippen molar-refractivity contribution in [2.75, 3.05) is 26.4 Å². The van der Waals surface area contributed by atoms with Gasteiger partial charge in [-0.15, -0.1) is 0 Å². The van der Waals surface area contributed by atoms with E-state index in [1.807, 2.05) is 0 Å². The predicted octanol–water partition coefficient (Wildman–Crippen LogP) is 2.49. The molecule has 2 saturated heterocycles. The first-order valence-electron chi connectivity index (χ1n) is 8.22. The van der Waals surface area contributed by atoms with Gasteiger partial charge in [-0.25, -0.2) is 0 Å². The van der Waals surface area contributed by atoms with Crippen LogP contribution in [0, 0.1) is 5.92 Å². The summed E-state index contributed by atoms with van der Waals surface area (Å²) >= 11 is 0. The smallest absolute Gasteiger partial charge is 0.0939 e. The second kappa shape index (κ2) is 6.73. The molecule has 2 N–H and O–H groups in total. The standard InChI is InChI=1S/C16H31NO3/c1-4-16(5-2,19-6-3)14(17)13-7-9-20-15(11-13)8-10-18-12-15/h13-14H,4-12,17H2,1-3H3. The number of nitrogens with two attached hydrogens (primary N) is 1. The van der Waals surface area contributed by atoms with Crippen LogP contribution in [-0.2, 0) is 14.2 Å². The first-order valence-corrected chi connectivity index (χ1v) is 8.22. The molecule has 3 unspecified atom stereocenters. The monoisotopic (exact) mass is 285 g/mol. The van der Waals surface area contributed by atoms with E-state index in [1.54, 1.807) is 0 Å². The summed E-state index contributed by atoms with van der Waals surface area (Å²) in [6.07, 6.45) is 5.01. The molecule has 0 saturated carbocycles. The minimum absolute atomic E-state index is 0.0695. The van der Waals surface area contributed by atoms with E-state index in [4.69, 9.17) is 19.9 Å². The molecule has 118 valence electrons. The molecular weight excluding hydrogens is 254 g/mol. The van der Waals surface area contributed by atoms with Gasteiger partial charge in [-0.05, 0) is 38.5 Å². The average Bonchev–Trinajstić information content (AvgIpc) is 2.92. The van der Waals surface area contributed by atoms with Gasteiger partial charge in [0.25, 0.3) is 0 Å². The normalized spacial score (nSPS) is 32.7. The van der Waals surface area contributed by atoms with Crippen LogP contribution in [0.1, 0.15) is 52.9 Å². The Hall–Kier alpha value is -0.160. The highest BCUT2D eigenvalue weighted by molar-refractivity contribution is 4.99. The van der Waals surface area contributed by atoms with Gasteiger partial charge in [0.1, 0.15) is 0 Å². The molecule has 2 heterocycles. The van der Waals surface area contributed by atoms with Crippen LogP contribution in [0.5, 0.6) is 0 Å². The zero-order valence-corrected chi connectivity index (χ0v) is 13.3. The highest BCUT2D eigenvalue weighted by atomic mass is 16.6. The van der Waals surface area contributed by atoms with Crippen molar-refractivity contribution in [3.63, 3.8) is 0 Å². The van der Waals surface area contributed by atoms with E-state index in [1.165, 1.54) is 0 Å². The zero-order chi connectivity index (χ0) is 14.6. The summed E-state index contributed by atoms with van der Waals surface area (Å²) in [6.45, 7) is 9.52. The fourth-order valence-corrected chi connectivity index (χ4v) is 3.97. The minimum Gasteiger partial charge on any atom is -0.378 e. The van der Waals surface area contributed by atoms with Crippen LogP contribution in [0.3, 0.4) is 0 Å². The third-order valence-corrected chi connectivity index (χ3v) is 5.34. The van der Waals surface area contributed by atoms with E-state index in [-0.39, 0.29) is 17.2 Å². The van der Waals surface area contributed by atoms with Gasteiger partial charge < -0.3 is 19.9 Å². The number of hydrogen-bond donors (Lipinski definition) is 1. The van der Waals surface area contributed by atoms with E-state index in [2.05, 4.69) is 20.8 Å². The minimum atomic E-state index is -0.183. The van der Waals surface area contributed by atoms with Crippen LogP contribution in [-0.4, -0.2) is 43.7 Å². The molecule has 2 rings (SSSR count). The SMILES string of the molecule is CCOC(CC)(CC)C(N)C1CCOC2(CCOC2)C1. The molecule has 2 fully saturated rings. The van der Waals surface area contributed by atoms with Gasteiger partial charge in [0.05, 0.1) is 17.8 Å². The molecule has 0 amide bonds. The quantitative estimate of drug-likeness (QED) is 0.814. The van der Waals surface area contributed by atoms with E-state index in [0.717, 1.165) is 58.5 Å². The van der Waals surface area contributed by atoms with Gasteiger partial charge in [0, 0.05) is 32.3 Å². The summed E-state index contributed by atoms with van der Waals surface area (Å²) in [6, 6.07) is 0.0822. The molecule has 3 atom stereocenters. The van der Waals surface area contributed by atoms with Crippen LogP contribution in [0.4, 0.5) is 0 Å². The first kappa shape index (κ1) is 16.2. The van der Waals surface area contributed by atoms with Crippen molar-refractivity contribution in [1.29, 1.82) is 0 Å². The number of rotatable bonds is 6. The maximum atomic E-state index is 6.66. The van der Waals surface area contributed by atoms with Crippen molar-refractivity contribution in [3.05, 3.63) is 0 Å². The Labute approximate surface area is 123 Å². The Kier molecular flexibility index (Phi) is 5.46. The number of hydrogen-bond acceptors (Lipinski definition) is 4. The van der Waals surface area contributed by atoms with Crippen molar-refractivity contribution in [2.24, 2.45) is 11.7 Å². The van der Waals surface area contributed by atoms with Crippen molar-refractivity contribution in [1.82, 2.24) is 0 Å². The van der Waals surface area contributed by atoms with Crippen LogP contribution < -0.4 is 5.73 Å². The van der Waals surface area contributed by atoms with Gasteiger partial charge in [-0.3, -0.25) is 0 Å². The maximum Gasteiger partial charge on any atom is 0.0939 e. The molecule has 0 aromatic heterocycles. The molecule has 20 heavy (non-hydrogen) atoms. The second-order valence-corrected chi connectivity index (χ2v) is 6.32. The summed E-state index contributed by atoms with van der Waals surface area (Å²) in [5.41, 5.74) is 6.41. The Morgan fingerprint density at radius 3 is 2.60 bits per heavy atom. The summed E-state index contributed by atoms with van der Waals surface area (Å²) in [5, 5.41) is 0. The molecule has 4 nitrogen and oxygen atoms in total. The van der Waals surface area contributed by atoms with E-state index in [9.17, 15) is 0 Å². The van der Waals surface area contributed by atoms with Crippen LogP contribution in [0.25, 0.3) is 0 Å². The fourth-order valence-electron chi connectivity index (χ4n) is 3.97. The van der Waals surface area contributed by atoms with Crippen molar-refractivity contribution >= 4 is 0 Å². The van der Waals surface area contributed by atoms with Gasteiger partial charge >= 0.3 is 0 Å². The van der Waals surface area contributed by atoms with Crippen LogP contribution >= 0.6 is 0 Å². The summed E-state index contributed by atoms with van der Waals surface area (Å²) in [4.78, 5) is 0. The maximum absolute atomic E-state index is 6.66. The Bertz CT molecular complexity index is 298. The molecule has 4 heteroatoms. The average molecular weight is 285 g/mol. The zero-order valence-electron chi connectivity index (χ0n) is 13.3. The topological polar surface area (TPSA) is 53.7 Å². The van der Waals surface area contributed by atoms with Gasteiger partial charge in [0.15, 0.2) is 0 Å². The summed E-state index contributed by atoms with van der Waals surface area (Å²) < 4.78 is 17.7. The van der Waals surface area contributed by atoms with Gasteiger partial charge in [0.2, 0.25) is 0 Å². The lowest BCUT2D eigenvalue weighted by atomic mass is 9.73. The highest BCUT2D eigenvalue weighted by Gasteiger charge is 2.46. The van der Waals surface area contributed by atoms with Crippen molar-refractivity contribution < 1.29 is 14.2 Å². The van der Waals surface area contributed by atoms with Crippen molar-refractivity contribution in [2.45, 2.75) is 70.1 Å². The van der Waals surface area contributed by atoms with Gasteiger partial charge in [-0.1, -0.05) is 13.8 Å². The first-order chi connectivity index (χ1) is 9.61. The molecular formula is C16H31NO3. The molecule has 0 aliphatic carbocycles. The lowest BCUT2D eigenvalue weighted by molar-refractivity contribution is -0.129. The summed E-state index contributed by atoms with van der Waals surface area (Å²) in [5.74, 6) is 0.469. The molecule has 0 bridgehead atoms. The summed E-state index contributed by atoms with van der Waals surface area (Å²) in [7, 11) is 0. The van der Waals surface area contributed by atoms with Crippen LogP contribution in [0.15, 0.2) is 0 Å². The second-order valence-electron chi connectivity index (χ2n) is 6.32. The molecule has 0 aromatic carbocycles. The molecule has 0 aromatic rings. The van der Waals surface area contributed by atoms with Crippen molar-refractivity contribution in [3.8, 4) is 0 Å². The predicted molar refractivity (Wildman–Crippen MR) is 79.8 cm³/mol. The lowest BCUT2D eigenvalue weighted by Crippen LogP contribution is -2.57. The van der Waals surface area contributed by atoms with Gasteiger partial charge in [-0.2, -0.15) is 0 Å².